The number of nitrogens with zero attached hydrogens (tertiary/aromatic N) is 9. The van der Waals surface area contributed by atoms with Gasteiger partial charge in [0.2, 0.25) is 0 Å². The highest BCUT2D eigenvalue weighted by atomic mass is 19.1. The molecule has 0 radical (unpaired) electrons. The van der Waals surface area contributed by atoms with Crippen molar-refractivity contribution in [3.8, 4) is 23.5 Å². The smallest absolute Gasteiger partial charge is 0.179 e. The minimum absolute atomic E-state index is 0.184. The van der Waals surface area contributed by atoms with E-state index in [0.29, 0.717) is 35.9 Å². The van der Waals surface area contributed by atoms with E-state index in [2.05, 4.69) is 37.9 Å². The Kier molecular flexibility index (Phi) is 5.75. The van der Waals surface area contributed by atoms with E-state index in [0.717, 1.165) is 29.8 Å². The first-order valence-corrected chi connectivity index (χ1v) is 11.3. The number of hydrogen-bond donors (Lipinski definition) is 1. The Balaban J connectivity index is 1.51. The molecule has 1 aliphatic heterocycles. The van der Waals surface area contributed by atoms with Crippen molar-refractivity contribution < 1.29 is 4.39 Å². The van der Waals surface area contributed by atoms with Gasteiger partial charge in [0.05, 0.1) is 35.9 Å². The molecule has 0 unspecified atom stereocenters. The van der Waals surface area contributed by atoms with E-state index in [9.17, 15) is 9.65 Å². The molecule has 5 heterocycles. The van der Waals surface area contributed by atoms with Crippen LogP contribution in [0.15, 0.2) is 36.7 Å². The van der Waals surface area contributed by atoms with Crippen molar-refractivity contribution in [2.45, 2.75) is 38.8 Å². The molecule has 1 aliphatic rings. The molecule has 1 atom stereocenters. The van der Waals surface area contributed by atoms with Crippen LogP contribution < -0.4 is 5.32 Å². The zero-order valence-electron chi connectivity index (χ0n) is 19.4. The number of halogens is 1. The summed E-state index contributed by atoms with van der Waals surface area (Å²) in [5, 5.41) is 31.0. The number of nitriles is 2. The van der Waals surface area contributed by atoms with E-state index in [-0.39, 0.29) is 12.1 Å². The lowest BCUT2D eigenvalue weighted by Crippen LogP contribution is -2.31. The van der Waals surface area contributed by atoms with Crippen LogP contribution >= 0.6 is 0 Å². The van der Waals surface area contributed by atoms with Crippen molar-refractivity contribution in [2.75, 3.05) is 18.4 Å². The van der Waals surface area contributed by atoms with Crippen LogP contribution in [0.5, 0.6) is 0 Å². The van der Waals surface area contributed by atoms with Crippen molar-refractivity contribution in [3.05, 3.63) is 59.6 Å². The average molecular weight is 471 g/mol. The third-order valence-corrected chi connectivity index (χ3v) is 6.43. The first-order chi connectivity index (χ1) is 17.0. The van der Waals surface area contributed by atoms with E-state index in [1.54, 1.807) is 15.4 Å². The number of likely N-dealkylation sites (tertiary alicyclic amines) is 1. The molecule has 0 aromatic carbocycles. The van der Waals surface area contributed by atoms with E-state index in [1.165, 1.54) is 18.5 Å². The number of aromatic nitrogens is 6. The quantitative estimate of drug-likeness (QED) is 0.439. The van der Waals surface area contributed by atoms with Crippen LogP contribution in [-0.4, -0.2) is 47.4 Å². The van der Waals surface area contributed by atoms with Gasteiger partial charge in [-0.1, -0.05) is 5.21 Å². The Morgan fingerprint density at radius 1 is 1.14 bits per heavy atom. The van der Waals surface area contributed by atoms with E-state index < -0.39 is 5.82 Å². The van der Waals surface area contributed by atoms with Crippen LogP contribution in [-0.2, 0) is 0 Å². The summed E-state index contributed by atoms with van der Waals surface area (Å²) < 4.78 is 17.0. The molecular formula is C24H23FN10. The molecule has 1 fully saturated rings. The van der Waals surface area contributed by atoms with Crippen molar-refractivity contribution in [3.63, 3.8) is 0 Å². The number of rotatable bonds is 5. The van der Waals surface area contributed by atoms with Crippen molar-refractivity contribution in [1.82, 2.24) is 34.3 Å². The fraction of sp³-hybridized carbons (Fsp3) is 0.333. The maximum absolute atomic E-state index is 13.3. The number of anilines is 1. The monoisotopic (exact) mass is 470 g/mol. The second-order valence-corrected chi connectivity index (χ2v) is 8.63. The first-order valence-electron chi connectivity index (χ1n) is 11.3. The molecule has 0 aliphatic carbocycles. The topological polar surface area (TPSA) is 124 Å². The third kappa shape index (κ3) is 4.13. The van der Waals surface area contributed by atoms with Crippen molar-refractivity contribution >= 4 is 11.5 Å². The SMILES string of the molecule is Cc1c(-c2cc(N[C@H](C)c3ccc(F)cn3)n3c(C#N)cnc3c2)nnn1C1CCN(C#N)CC1. The maximum Gasteiger partial charge on any atom is 0.179 e. The fourth-order valence-electron chi connectivity index (χ4n) is 4.54. The highest BCUT2D eigenvalue weighted by Gasteiger charge is 2.24. The van der Waals surface area contributed by atoms with E-state index >= 15 is 0 Å². The summed E-state index contributed by atoms with van der Waals surface area (Å²) in [6, 6.07) is 8.88. The van der Waals surface area contributed by atoms with Crippen LogP contribution in [0, 0.1) is 35.5 Å². The fourth-order valence-corrected chi connectivity index (χ4v) is 4.54. The number of imidazole rings is 1. The summed E-state index contributed by atoms with van der Waals surface area (Å²) in [5.74, 6) is 0.241. The van der Waals surface area contributed by atoms with Crippen LogP contribution in [0.1, 0.15) is 48.9 Å². The van der Waals surface area contributed by atoms with Crippen LogP contribution in [0.4, 0.5) is 10.2 Å². The van der Waals surface area contributed by atoms with E-state index in [4.69, 9.17) is 5.26 Å². The molecular weight excluding hydrogens is 447 g/mol. The Morgan fingerprint density at radius 3 is 2.63 bits per heavy atom. The highest BCUT2D eigenvalue weighted by Crippen LogP contribution is 2.31. The van der Waals surface area contributed by atoms with Gasteiger partial charge in [-0.15, -0.1) is 5.10 Å². The van der Waals surface area contributed by atoms with Gasteiger partial charge in [0.25, 0.3) is 0 Å². The molecule has 35 heavy (non-hydrogen) atoms. The second-order valence-electron chi connectivity index (χ2n) is 8.63. The highest BCUT2D eigenvalue weighted by molar-refractivity contribution is 5.71. The van der Waals surface area contributed by atoms with Crippen molar-refractivity contribution in [2.24, 2.45) is 0 Å². The molecule has 0 saturated carbocycles. The summed E-state index contributed by atoms with van der Waals surface area (Å²) in [6.07, 6.45) is 6.57. The molecule has 0 bridgehead atoms. The second kappa shape index (κ2) is 9.03. The van der Waals surface area contributed by atoms with E-state index in [1.807, 2.05) is 30.7 Å². The van der Waals surface area contributed by atoms with Gasteiger partial charge in [-0.2, -0.15) is 10.5 Å². The lowest BCUT2D eigenvalue weighted by Gasteiger charge is -2.28. The molecule has 4 aromatic rings. The largest absolute Gasteiger partial charge is 0.363 e. The average Bonchev–Trinajstić information content (AvgIpc) is 3.47. The summed E-state index contributed by atoms with van der Waals surface area (Å²) in [4.78, 5) is 10.3. The molecule has 5 rings (SSSR count). The van der Waals surface area contributed by atoms with Crippen LogP contribution in [0.25, 0.3) is 16.9 Å². The molecule has 0 spiro atoms. The van der Waals surface area contributed by atoms with Gasteiger partial charge in [0, 0.05) is 18.7 Å². The molecule has 0 amide bonds. The zero-order valence-corrected chi connectivity index (χ0v) is 19.4. The number of pyridine rings is 2. The Hall–Kier alpha value is -4.51. The number of piperidine rings is 1. The molecule has 11 heteroatoms. The Morgan fingerprint density at radius 2 is 1.94 bits per heavy atom. The molecule has 1 saturated heterocycles. The number of hydrogen-bond acceptors (Lipinski definition) is 8. The molecule has 10 nitrogen and oxygen atoms in total. The summed E-state index contributed by atoms with van der Waals surface area (Å²) in [7, 11) is 0. The predicted molar refractivity (Wildman–Crippen MR) is 125 cm³/mol. The molecule has 176 valence electrons. The van der Waals surface area contributed by atoms with Crippen LogP contribution in [0.3, 0.4) is 0 Å². The normalized spacial score (nSPS) is 15.1. The Labute approximate surface area is 201 Å². The van der Waals surface area contributed by atoms with Gasteiger partial charge in [-0.05, 0) is 51.0 Å². The molecule has 1 N–H and O–H groups in total. The minimum atomic E-state index is -0.399. The van der Waals surface area contributed by atoms with Gasteiger partial charge in [0.15, 0.2) is 6.19 Å². The number of fused-ring (bicyclic) bond motifs is 1. The van der Waals surface area contributed by atoms with Crippen LogP contribution in [0.2, 0.25) is 0 Å². The number of nitrogens with one attached hydrogen (secondary N) is 1. The molecule has 4 aromatic heterocycles. The predicted octanol–water partition coefficient (Wildman–Crippen LogP) is 3.60. The van der Waals surface area contributed by atoms with Gasteiger partial charge >= 0.3 is 0 Å². The third-order valence-electron chi connectivity index (χ3n) is 6.43. The zero-order chi connectivity index (χ0) is 24.5. The van der Waals surface area contributed by atoms with Crippen molar-refractivity contribution in [1.29, 1.82) is 10.5 Å². The summed E-state index contributed by atoms with van der Waals surface area (Å²) in [5.41, 5.74) is 4.11. The summed E-state index contributed by atoms with van der Waals surface area (Å²) in [6.45, 7) is 5.31. The Bertz CT molecular complexity index is 1450. The standard InChI is InChI=1S/C24H23FN10/c1-15(21-4-3-18(25)12-28-21)30-23-10-17(9-22-29-13-20(11-26)34(22)23)24-16(2)35(32-31-24)19-5-7-33(14-27)8-6-19/h3-4,9-10,12-13,15,19,30H,5-8H2,1-2H3/t15-/m1/s1. The maximum atomic E-state index is 13.3. The van der Waals surface area contributed by atoms with Gasteiger partial charge in [0.1, 0.15) is 34.7 Å². The van der Waals surface area contributed by atoms with Gasteiger partial charge < -0.3 is 10.2 Å². The van der Waals surface area contributed by atoms with Gasteiger partial charge in [-0.25, -0.2) is 14.1 Å². The lowest BCUT2D eigenvalue weighted by molar-refractivity contribution is 0.237. The minimum Gasteiger partial charge on any atom is -0.363 e. The van der Waals surface area contributed by atoms with Gasteiger partial charge in [-0.3, -0.25) is 9.38 Å². The summed E-state index contributed by atoms with van der Waals surface area (Å²) >= 11 is 0. The lowest BCUT2D eigenvalue weighted by atomic mass is 10.0. The first kappa shape index (κ1) is 22.3.